The molecule has 1 atom stereocenters. The van der Waals surface area contributed by atoms with Crippen LogP contribution in [0.15, 0.2) is 18.2 Å². The fourth-order valence-corrected chi connectivity index (χ4v) is 2.67. The van der Waals surface area contributed by atoms with Gasteiger partial charge in [0.05, 0.1) is 6.04 Å². The maximum atomic E-state index is 13.8. The molecular formula is C16H26F2N2. The lowest BCUT2D eigenvalue weighted by Gasteiger charge is -2.28. The summed E-state index contributed by atoms with van der Waals surface area (Å²) in [6.07, 6.45) is 0. The van der Waals surface area contributed by atoms with E-state index in [0.29, 0.717) is 24.3 Å². The molecule has 0 spiro atoms. The molecule has 0 aliphatic heterocycles. The van der Waals surface area contributed by atoms with Gasteiger partial charge < -0.3 is 11.1 Å². The van der Waals surface area contributed by atoms with Gasteiger partial charge in [0.25, 0.3) is 0 Å². The molecule has 0 aliphatic rings. The Morgan fingerprint density at radius 3 is 1.95 bits per heavy atom. The molecule has 1 aromatic carbocycles. The van der Waals surface area contributed by atoms with Crippen LogP contribution in [0.3, 0.4) is 0 Å². The van der Waals surface area contributed by atoms with Gasteiger partial charge in [-0.25, -0.2) is 8.78 Å². The second-order valence-corrected chi connectivity index (χ2v) is 5.98. The SMILES string of the molecule is CC(C)C(CNC(CN)c1c(F)cccc1F)C(C)C. The van der Waals surface area contributed by atoms with E-state index in [4.69, 9.17) is 5.73 Å². The highest BCUT2D eigenvalue weighted by molar-refractivity contribution is 5.23. The molecule has 0 saturated heterocycles. The van der Waals surface area contributed by atoms with Crippen molar-refractivity contribution in [2.75, 3.05) is 13.1 Å². The highest BCUT2D eigenvalue weighted by atomic mass is 19.1. The molecular weight excluding hydrogens is 258 g/mol. The lowest BCUT2D eigenvalue weighted by atomic mass is 9.85. The number of rotatable bonds is 7. The summed E-state index contributed by atoms with van der Waals surface area (Å²) in [5.74, 6) is 0.369. The largest absolute Gasteiger partial charge is 0.329 e. The number of nitrogens with two attached hydrogens (primary N) is 1. The Labute approximate surface area is 120 Å². The van der Waals surface area contributed by atoms with Crippen molar-refractivity contribution in [3.8, 4) is 0 Å². The summed E-state index contributed by atoms with van der Waals surface area (Å²) in [6.45, 7) is 9.51. The Bertz CT molecular complexity index is 391. The maximum absolute atomic E-state index is 13.8. The van der Waals surface area contributed by atoms with Gasteiger partial charge in [-0.3, -0.25) is 0 Å². The third-order valence-electron chi connectivity index (χ3n) is 3.90. The van der Waals surface area contributed by atoms with E-state index in [1.54, 1.807) is 0 Å². The van der Waals surface area contributed by atoms with Crippen LogP contribution in [0.5, 0.6) is 0 Å². The van der Waals surface area contributed by atoms with Crippen LogP contribution in [0.25, 0.3) is 0 Å². The fraction of sp³-hybridized carbons (Fsp3) is 0.625. The molecule has 2 nitrogen and oxygen atoms in total. The van der Waals surface area contributed by atoms with Gasteiger partial charge in [0.2, 0.25) is 0 Å². The Morgan fingerprint density at radius 2 is 1.55 bits per heavy atom. The first-order valence-electron chi connectivity index (χ1n) is 7.25. The summed E-state index contributed by atoms with van der Waals surface area (Å²) < 4.78 is 27.6. The van der Waals surface area contributed by atoms with Crippen molar-refractivity contribution in [1.82, 2.24) is 5.32 Å². The van der Waals surface area contributed by atoms with Crippen molar-refractivity contribution in [2.45, 2.75) is 33.7 Å². The molecule has 20 heavy (non-hydrogen) atoms. The molecule has 1 unspecified atom stereocenters. The van der Waals surface area contributed by atoms with E-state index in [9.17, 15) is 8.78 Å². The predicted octanol–water partition coefficient (Wildman–Crippen LogP) is 3.48. The lowest BCUT2D eigenvalue weighted by molar-refractivity contribution is 0.264. The van der Waals surface area contributed by atoms with Crippen LogP contribution in [-0.4, -0.2) is 13.1 Å². The summed E-state index contributed by atoms with van der Waals surface area (Å²) in [4.78, 5) is 0. The summed E-state index contributed by atoms with van der Waals surface area (Å²) in [5, 5.41) is 3.23. The van der Waals surface area contributed by atoms with Crippen molar-refractivity contribution in [3.05, 3.63) is 35.4 Å². The third-order valence-corrected chi connectivity index (χ3v) is 3.90. The normalized spacial score (nSPS) is 13.5. The van der Waals surface area contributed by atoms with Gasteiger partial charge in [0.1, 0.15) is 11.6 Å². The van der Waals surface area contributed by atoms with Crippen LogP contribution >= 0.6 is 0 Å². The topological polar surface area (TPSA) is 38.0 Å². The minimum Gasteiger partial charge on any atom is -0.329 e. The number of hydrogen-bond acceptors (Lipinski definition) is 2. The summed E-state index contributed by atoms with van der Waals surface area (Å²) >= 11 is 0. The minimum absolute atomic E-state index is 0.0428. The van der Waals surface area contributed by atoms with Crippen molar-refractivity contribution >= 4 is 0 Å². The second-order valence-electron chi connectivity index (χ2n) is 5.98. The van der Waals surface area contributed by atoms with Gasteiger partial charge in [-0.1, -0.05) is 33.8 Å². The van der Waals surface area contributed by atoms with Crippen LogP contribution in [0.4, 0.5) is 8.78 Å². The first kappa shape index (κ1) is 17.1. The first-order valence-corrected chi connectivity index (χ1v) is 7.25. The van der Waals surface area contributed by atoms with E-state index in [2.05, 4.69) is 33.0 Å². The van der Waals surface area contributed by atoms with Crippen molar-refractivity contribution in [1.29, 1.82) is 0 Å². The summed E-state index contributed by atoms with van der Waals surface area (Å²) in [6, 6.07) is 3.42. The molecule has 1 aromatic rings. The Kier molecular flexibility index (Phi) is 6.56. The predicted molar refractivity (Wildman–Crippen MR) is 79.3 cm³/mol. The smallest absolute Gasteiger partial charge is 0.130 e. The highest BCUT2D eigenvalue weighted by Crippen LogP contribution is 2.23. The van der Waals surface area contributed by atoms with Crippen LogP contribution in [-0.2, 0) is 0 Å². The fourth-order valence-electron chi connectivity index (χ4n) is 2.67. The van der Waals surface area contributed by atoms with Gasteiger partial charge in [-0.15, -0.1) is 0 Å². The summed E-state index contributed by atoms with van der Waals surface area (Å²) in [7, 11) is 0. The average Bonchev–Trinajstić information content (AvgIpc) is 2.35. The quantitative estimate of drug-likeness (QED) is 0.804. The van der Waals surface area contributed by atoms with Crippen molar-refractivity contribution in [3.63, 3.8) is 0 Å². The van der Waals surface area contributed by atoms with Gasteiger partial charge in [-0.05, 0) is 36.4 Å². The van der Waals surface area contributed by atoms with E-state index in [1.807, 2.05) is 0 Å². The molecule has 0 fully saturated rings. The van der Waals surface area contributed by atoms with E-state index in [0.717, 1.165) is 0 Å². The zero-order valence-electron chi connectivity index (χ0n) is 12.8. The number of halogens is 2. The van der Waals surface area contributed by atoms with Gasteiger partial charge in [0, 0.05) is 12.1 Å². The Morgan fingerprint density at radius 1 is 1.05 bits per heavy atom. The minimum atomic E-state index is -0.543. The first-order chi connectivity index (χ1) is 9.38. The highest BCUT2D eigenvalue weighted by Gasteiger charge is 2.22. The van der Waals surface area contributed by atoms with Crippen LogP contribution < -0.4 is 11.1 Å². The molecule has 0 amide bonds. The van der Waals surface area contributed by atoms with Gasteiger partial charge >= 0.3 is 0 Å². The van der Waals surface area contributed by atoms with E-state index in [-0.39, 0.29) is 12.1 Å². The standard InChI is InChI=1S/C16H26F2N2/c1-10(2)12(11(3)4)9-20-15(8-19)16-13(17)6-5-7-14(16)18/h5-7,10-12,15,20H,8-9,19H2,1-4H3. The molecule has 1 rings (SSSR count). The van der Waals surface area contributed by atoms with E-state index >= 15 is 0 Å². The lowest BCUT2D eigenvalue weighted by Crippen LogP contribution is -2.36. The number of nitrogens with one attached hydrogen (secondary N) is 1. The molecule has 4 heteroatoms. The van der Waals surface area contributed by atoms with Crippen molar-refractivity contribution < 1.29 is 8.78 Å². The van der Waals surface area contributed by atoms with Crippen LogP contribution in [0, 0.1) is 29.4 Å². The molecule has 0 heterocycles. The van der Waals surface area contributed by atoms with Crippen LogP contribution in [0.2, 0.25) is 0 Å². The zero-order valence-corrected chi connectivity index (χ0v) is 12.8. The zero-order chi connectivity index (χ0) is 15.3. The van der Waals surface area contributed by atoms with E-state index in [1.165, 1.54) is 18.2 Å². The van der Waals surface area contributed by atoms with E-state index < -0.39 is 17.7 Å². The van der Waals surface area contributed by atoms with Crippen LogP contribution in [0.1, 0.15) is 39.3 Å². The number of benzene rings is 1. The second kappa shape index (κ2) is 7.70. The Hall–Kier alpha value is -1.00. The van der Waals surface area contributed by atoms with Crippen molar-refractivity contribution in [2.24, 2.45) is 23.5 Å². The number of hydrogen-bond donors (Lipinski definition) is 2. The molecule has 0 radical (unpaired) electrons. The maximum Gasteiger partial charge on any atom is 0.130 e. The van der Waals surface area contributed by atoms with Gasteiger partial charge in [0.15, 0.2) is 0 Å². The molecule has 0 aromatic heterocycles. The molecule has 0 bridgehead atoms. The third kappa shape index (κ3) is 4.25. The monoisotopic (exact) mass is 284 g/mol. The average molecular weight is 284 g/mol. The molecule has 0 saturated carbocycles. The molecule has 3 N–H and O–H groups in total. The summed E-state index contributed by atoms with van der Waals surface area (Å²) in [5.41, 5.74) is 5.73. The molecule has 0 aliphatic carbocycles. The Balaban J connectivity index is 2.82. The van der Waals surface area contributed by atoms with Gasteiger partial charge in [-0.2, -0.15) is 0 Å². The molecule has 114 valence electrons.